The lowest BCUT2D eigenvalue weighted by molar-refractivity contribution is 0.343. The maximum atomic E-state index is 5.44. The van der Waals surface area contributed by atoms with Gasteiger partial charge in [-0.1, -0.05) is 25.7 Å². The lowest BCUT2D eigenvalue weighted by Crippen LogP contribution is -2.20. The van der Waals surface area contributed by atoms with Gasteiger partial charge in [0.25, 0.3) is 0 Å². The summed E-state index contributed by atoms with van der Waals surface area (Å²) in [4.78, 5) is 2.57. The van der Waals surface area contributed by atoms with E-state index in [0.717, 1.165) is 6.54 Å². The number of nitrogens with zero attached hydrogens (tertiary/aromatic N) is 1. The van der Waals surface area contributed by atoms with Crippen molar-refractivity contribution in [3.63, 3.8) is 0 Å². The van der Waals surface area contributed by atoms with Crippen molar-refractivity contribution < 1.29 is 0 Å². The smallest absolute Gasteiger partial charge is 0.0445 e. The predicted octanol–water partition coefficient (Wildman–Crippen LogP) is 2.29. The van der Waals surface area contributed by atoms with E-state index in [2.05, 4.69) is 16.7 Å². The van der Waals surface area contributed by atoms with Gasteiger partial charge in [-0.2, -0.15) is 0 Å². The lowest BCUT2D eigenvalue weighted by Gasteiger charge is -2.12. The molecule has 2 N–H and O–H groups in total. The number of unbranched alkanes of at least 4 members (excludes halogenated alkanes) is 5. The molecule has 3 heteroatoms. The van der Waals surface area contributed by atoms with Crippen molar-refractivity contribution in [1.29, 1.82) is 0 Å². The average Bonchev–Trinajstić information content (AvgIpc) is 2.69. The van der Waals surface area contributed by atoms with E-state index in [1.54, 1.807) is 0 Å². The molecule has 0 saturated carbocycles. The summed E-state index contributed by atoms with van der Waals surface area (Å²) in [6.07, 6.45) is 8.13. The molecule has 0 unspecified atom stereocenters. The summed E-state index contributed by atoms with van der Waals surface area (Å²) in [6, 6.07) is 0. The van der Waals surface area contributed by atoms with Crippen molar-refractivity contribution in [3.8, 4) is 0 Å². The first-order valence-electron chi connectivity index (χ1n) is 5.93. The molecule has 0 radical (unpaired) electrons. The Morgan fingerprint density at radius 2 is 1.71 bits per heavy atom. The highest BCUT2D eigenvalue weighted by Crippen LogP contribution is 2.14. The Hall–Kier alpha value is 0.270. The Balaban J connectivity index is 1.75. The van der Waals surface area contributed by atoms with Crippen molar-refractivity contribution in [2.45, 2.75) is 38.5 Å². The fourth-order valence-electron chi connectivity index (χ4n) is 1.82. The molecule has 1 heterocycles. The van der Waals surface area contributed by atoms with Crippen LogP contribution < -0.4 is 5.73 Å². The molecule has 1 saturated heterocycles. The molecule has 0 aromatic heterocycles. The van der Waals surface area contributed by atoms with Crippen LogP contribution in [-0.4, -0.2) is 36.2 Å². The minimum Gasteiger partial charge on any atom is -0.330 e. The molecule has 0 amide bonds. The van der Waals surface area contributed by atoms with Gasteiger partial charge < -0.3 is 5.73 Å². The third-order valence-electron chi connectivity index (χ3n) is 2.75. The van der Waals surface area contributed by atoms with Gasteiger partial charge in [-0.15, -0.1) is 11.8 Å². The first-order chi connectivity index (χ1) is 6.93. The maximum absolute atomic E-state index is 5.44. The molecule has 1 fully saturated rings. The second-order valence-corrected chi connectivity index (χ2v) is 5.14. The molecule has 0 aromatic carbocycles. The van der Waals surface area contributed by atoms with Crippen LogP contribution in [0.2, 0.25) is 0 Å². The van der Waals surface area contributed by atoms with Gasteiger partial charge in [-0.05, 0) is 25.9 Å². The van der Waals surface area contributed by atoms with Crippen LogP contribution in [0.4, 0.5) is 0 Å². The molecule has 84 valence electrons. The Kier molecular flexibility index (Phi) is 7.55. The molecule has 1 aliphatic rings. The van der Waals surface area contributed by atoms with Gasteiger partial charge in [0.05, 0.1) is 0 Å². The fourth-order valence-corrected chi connectivity index (χ4v) is 2.85. The van der Waals surface area contributed by atoms with E-state index in [9.17, 15) is 0 Å². The van der Waals surface area contributed by atoms with Crippen molar-refractivity contribution >= 4 is 11.8 Å². The largest absolute Gasteiger partial charge is 0.330 e. The summed E-state index contributed by atoms with van der Waals surface area (Å²) in [5, 5.41) is 0. The van der Waals surface area contributed by atoms with Gasteiger partial charge >= 0.3 is 0 Å². The summed E-state index contributed by atoms with van der Waals surface area (Å²) in [6.45, 7) is 3.51. The number of thioether (sulfide) groups is 1. The van der Waals surface area contributed by atoms with Crippen LogP contribution in [0.1, 0.15) is 38.5 Å². The van der Waals surface area contributed by atoms with Crippen LogP contribution in [0.5, 0.6) is 0 Å². The van der Waals surface area contributed by atoms with Crippen molar-refractivity contribution in [2.24, 2.45) is 5.73 Å². The summed E-state index contributed by atoms with van der Waals surface area (Å²) >= 11 is 2.07. The van der Waals surface area contributed by atoms with Gasteiger partial charge in [-0.3, -0.25) is 4.90 Å². The molecule has 0 aliphatic carbocycles. The molecule has 1 rings (SSSR count). The first-order valence-corrected chi connectivity index (χ1v) is 7.09. The first kappa shape index (κ1) is 12.3. The number of nitrogens with two attached hydrogens (primary N) is 1. The topological polar surface area (TPSA) is 29.3 Å². The molecular formula is C11H24N2S. The highest BCUT2D eigenvalue weighted by atomic mass is 32.2. The average molecular weight is 216 g/mol. The minimum atomic E-state index is 0.866. The molecule has 14 heavy (non-hydrogen) atoms. The SMILES string of the molecule is NCCCCCCCCN1CCSC1. The molecule has 0 atom stereocenters. The van der Waals surface area contributed by atoms with E-state index in [1.807, 2.05) is 0 Å². The van der Waals surface area contributed by atoms with E-state index in [0.29, 0.717) is 0 Å². The molecule has 1 aliphatic heterocycles. The summed E-state index contributed by atoms with van der Waals surface area (Å²) < 4.78 is 0. The van der Waals surface area contributed by atoms with E-state index >= 15 is 0 Å². The van der Waals surface area contributed by atoms with Gasteiger partial charge in [-0.25, -0.2) is 0 Å². The molecular weight excluding hydrogens is 192 g/mol. The molecule has 0 spiro atoms. The van der Waals surface area contributed by atoms with Crippen LogP contribution in [0.15, 0.2) is 0 Å². The maximum Gasteiger partial charge on any atom is 0.0445 e. The van der Waals surface area contributed by atoms with Gasteiger partial charge in [0.15, 0.2) is 0 Å². The number of hydrogen-bond donors (Lipinski definition) is 1. The molecule has 0 bridgehead atoms. The molecule has 2 nitrogen and oxygen atoms in total. The predicted molar refractivity (Wildman–Crippen MR) is 65.7 cm³/mol. The Morgan fingerprint density at radius 3 is 2.36 bits per heavy atom. The summed E-state index contributed by atoms with van der Waals surface area (Å²) in [5.74, 6) is 2.61. The van der Waals surface area contributed by atoms with E-state index < -0.39 is 0 Å². The quantitative estimate of drug-likeness (QED) is 0.631. The van der Waals surface area contributed by atoms with Gasteiger partial charge in [0.1, 0.15) is 0 Å². The van der Waals surface area contributed by atoms with Crippen LogP contribution in [0, 0.1) is 0 Å². The normalized spacial score (nSPS) is 17.8. The molecule has 0 aromatic rings. The zero-order chi connectivity index (χ0) is 10.1. The van der Waals surface area contributed by atoms with E-state index in [-0.39, 0.29) is 0 Å². The Morgan fingerprint density at radius 1 is 1.00 bits per heavy atom. The van der Waals surface area contributed by atoms with Gasteiger partial charge in [0.2, 0.25) is 0 Å². The zero-order valence-corrected chi connectivity index (χ0v) is 10.0. The number of rotatable bonds is 8. The van der Waals surface area contributed by atoms with Crippen LogP contribution in [0.3, 0.4) is 0 Å². The second-order valence-electron chi connectivity index (χ2n) is 4.07. The van der Waals surface area contributed by atoms with E-state index in [4.69, 9.17) is 5.73 Å². The van der Waals surface area contributed by atoms with Crippen molar-refractivity contribution in [3.05, 3.63) is 0 Å². The zero-order valence-electron chi connectivity index (χ0n) is 9.21. The minimum absolute atomic E-state index is 0.866. The van der Waals surface area contributed by atoms with Crippen LogP contribution in [0.25, 0.3) is 0 Å². The third-order valence-corrected chi connectivity index (χ3v) is 3.77. The lowest BCUT2D eigenvalue weighted by atomic mass is 10.1. The Bertz CT molecular complexity index is 124. The summed E-state index contributed by atoms with van der Waals surface area (Å²) in [5.41, 5.74) is 5.44. The number of hydrogen-bond acceptors (Lipinski definition) is 3. The third kappa shape index (κ3) is 5.89. The van der Waals surface area contributed by atoms with Crippen LogP contribution in [-0.2, 0) is 0 Å². The highest BCUT2D eigenvalue weighted by molar-refractivity contribution is 7.99. The summed E-state index contributed by atoms with van der Waals surface area (Å²) in [7, 11) is 0. The monoisotopic (exact) mass is 216 g/mol. The Labute approximate surface area is 92.6 Å². The standard InChI is InChI=1S/C11H24N2S/c12-7-5-3-1-2-4-6-8-13-9-10-14-11-13/h1-12H2. The second kappa shape index (κ2) is 8.57. The van der Waals surface area contributed by atoms with E-state index in [1.165, 1.54) is 63.2 Å². The van der Waals surface area contributed by atoms with Crippen LogP contribution >= 0.6 is 11.8 Å². The van der Waals surface area contributed by atoms with Gasteiger partial charge in [0, 0.05) is 18.2 Å². The van der Waals surface area contributed by atoms with Crippen molar-refractivity contribution in [2.75, 3.05) is 31.3 Å². The fraction of sp³-hybridized carbons (Fsp3) is 1.00. The highest BCUT2D eigenvalue weighted by Gasteiger charge is 2.10. The van der Waals surface area contributed by atoms with Crippen molar-refractivity contribution in [1.82, 2.24) is 4.90 Å².